The van der Waals surface area contributed by atoms with Gasteiger partial charge in [-0.1, -0.05) is 6.07 Å². The molecule has 0 aliphatic carbocycles. The maximum absolute atomic E-state index is 13.8. The number of benzene rings is 1. The molecule has 2 N–H and O–H groups in total. The van der Waals surface area contributed by atoms with Gasteiger partial charge in [0.15, 0.2) is 11.5 Å². The summed E-state index contributed by atoms with van der Waals surface area (Å²) in [4.78, 5) is 26.4. The van der Waals surface area contributed by atoms with Crippen molar-refractivity contribution in [2.75, 3.05) is 18.4 Å². The van der Waals surface area contributed by atoms with E-state index in [2.05, 4.69) is 20.7 Å². The number of likely N-dealkylation sites (tertiary alicyclic amines) is 1. The van der Waals surface area contributed by atoms with Gasteiger partial charge in [0.25, 0.3) is 5.91 Å². The molecule has 0 bridgehead atoms. The van der Waals surface area contributed by atoms with Gasteiger partial charge in [0.1, 0.15) is 11.6 Å². The first kappa shape index (κ1) is 17.0. The standard InChI is InChI=1S/C16H17F2N5O2/c1-9(12-10(17)5-4-6-11(12)18)15(24)19-14-13(20-22-21-14)16(25)23-7-2-3-8-23/h4-6,9H,2-3,7-8H2,1H3,(H2,19,20,21,22,24). The van der Waals surface area contributed by atoms with E-state index in [1.165, 1.54) is 13.0 Å². The van der Waals surface area contributed by atoms with E-state index in [-0.39, 0.29) is 23.0 Å². The molecule has 1 aromatic heterocycles. The Balaban J connectivity index is 1.78. The Kier molecular flexibility index (Phi) is 4.73. The molecule has 0 saturated carbocycles. The number of hydrogen-bond acceptors (Lipinski definition) is 4. The van der Waals surface area contributed by atoms with E-state index in [0.29, 0.717) is 13.1 Å². The van der Waals surface area contributed by atoms with Crippen LogP contribution in [0.4, 0.5) is 14.6 Å². The molecular weight excluding hydrogens is 332 g/mol. The molecule has 7 nitrogen and oxygen atoms in total. The van der Waals surface area contributed by atoms with E-state index in [4.69, 9.17) is 0 Å². The predicted molar refractivity (Wildman–Crippen MR) is 84.9 cm³/mol. The van der Waals surface area contributed by atoms with E-state index < -0.39 is 23.5 Å². The summed E-state index contributed by atoms with van der Waals surface area (Å²) in [5.74, 6) is -3.80. The lowest BCUT2D eigenvalue weighted by Crippen LogP contribution is -2.29. The topological polar surface area (TPSA) is 91.0 Å². The van der Waals surface area contributed by atoms with Gasteiger partial charge in [-0.3, -0.25) is 9.59 Å². The zero-order valence-electron chi connectivity index (χ0n) is 13.6. The fourth-order valence-corrected chi connectivity index (χ4v) is 2.82. The molecule has 1 aromatic carbocycles. The molecule has 2 heterocycles. The maximum Gasteiger partial charge on any atom is 0.278 e. The summed E-state index contributed by atoms with van der Waals surface area (Å²) in [6, 6.07) is 3.39. The SMILES string of the molecule is CC(C(=O)Nc1n[nH]nc1C(=O)N1CCCC1)c1c(F)cccc1F. The molecule has 1 fully saturated rings. The van der Waals surface area contributed by atoms with Crippen LogP contribution >= 0.6 is 0 Å². The van der Waals surface area contributed by atoms with Crippen LogP contribution in [0.25, 0.3) is 0 Å². The Bertz CT molecular complexity index is 781. The monoisotopic (exact) mass is 349 g/mol. The molecule has 1 atom stereocenters. The minimum atomic E-state index is -1.10. The molecule has 3 rings (SSSR count). The van der Waals surface area contributed by atoms with Crippen LogP contribution in [0, 0.1) is 11.6 Å². The number of nitrogens with zero attached hydrogens (tertiary/aromatic N) is 3. The van der Waals surface area contributed by atoms with Gasteiger partial charge < -0.3 is 10.2 Å². The number of aromatic amines is 1. The number of aromatic nitrogens is 3. The third kappa shape index (κ3) is 3.35. The second-order valence-corrected chi connectivity index (χ2v) is 5.87. The van der Waals surface area contributed by atoms with Gasteiger partial charge in [0.2, 0.25) is 5.91 Å². The highest BCUT2D eigenvalue weighted by Crippen LogP contribution is 2.24. The van der Waals surface area contributed by atoms with Crippen LogP contribution in [0.15, 0.2) is 18.2 Å². The maximum atomic E-state index is 13.8. The lowest BCUT2D eigenvalue weighted by molar-refractivity contribution is -0.117. The molecule has 1 unspecified atom stereocenters. The van der Waals surface area contributed by atoms with E-state index >= 15 is 0 Å². The Morgan fingerprint density at radius 2 is 1.84 bits per heavy atom. The van der Waals surface area contributed by atoms with Crippen molar-refractivity contribution in [1.29, 1.82) is 0 Å². The highest BCUT2D eigenvalue weighted by atomic mass is 19.1. The fraction of sp³-hybridized carbons (Fsp3) is 0.375. The van der Waals surface area contributed by atoms with Crippen molar-refractivity contribution < 1.29 is 18.4 Å². The zero-order chi connectivity index (χ0) is 18.0. The number of anilines is 1. The third-order valence-corrected chi connectivity index (χ3v) is 4.21. The van der Waals surface area contributed by atoms with E-state index in [0.717, 1.165) is 25.0 Å². The molecule has 1 aliphatic heterocycles. The van der Waals surface area contributed by atoms with Crippen molar-refractivity contribution in [3.8, 4) is 0 Å². The molecule has 0 spiro atoms. The highest BCUT2D eigenvalue weighted by Gasteiger charge is 2.28. The molecule has 2 aromatic rings. The second kappa shape index (κ2) is 6.96. The number of halogens is 2. The summed E-state index contributed by atoms with van der Waals surface area (Å²) >= 11 is 0. The third-order valence-electron chi connectivity index (χ3n) is 4.21. The highest BCUT2D eigenvalue weighted by molar-refractivity contribution is 6.02. The average Bonchev–Trinajstić information content (AvgIpc) is 3.25. The fourth-order valence-electron chi connectivity index (χ4n) is 2.82. The number of carbonyl (C=O) groups excluding carboxylic acids is 2. The van der Waals surface area contributed by atoms with Crippen molar-refractivity contribution >= 4 is 17.6 Å². The minimum absolute atomic E-state index is 0.0172. The minimum Gasteiger partial charge on any atom is -0.337 e. The molecule has 9 heteroatoms. The normalized spacial score (nSPS) is 15.2. The quantitative estimate of drug-likeness (QED) is 0.884. The van der Waals surface area contributed by atoms with Gasteiger partial charge in [-0.05, 0) is 31.9 Å². The van der Waals surface area contributed by atoms with Crippen molar-refractivity contribution in [2.45, 2.75) is 25.7 Å². The van der Waals surface area contributed by atoms with Gasteiger partial charge >= 0.3 is 0 Å². The van der Waals surface area contributed by atoms with Gasteiger partial charge in [-0.2, -0.15) is 5.21 Å². The number of rotatable bonds is 4. The van der Waals surface area contributed by atoms with Crippen LogP contribution in [0.2, 0.25) is 0 Å². The Hall–Kier alpha value is -2.84. The largest absolute Gasteiger partial charge is 0.337 e. The molecule has 0 radical (unpaired) electrons. The van der Waals surface area contributed by atoms with Crippen molar-refractivity contribution in [3.63, 3.8) is 0 Å². The lowest BCUT2D eigenvalue weighted by atomic mass is 9.99. The lowest BCUT2D eigenvalue weighted by Gasteiger charge is -2.15. The average molecular weight is 349 g/mol. The van der Waals surface area contributed by atoms with Crippen LogP contribution in [-0.4, -0.2) is 45.2 Å². The Labute approximate surface area is 142 Å². The van der Waals surface area contributed by atoms with Crippen LogP contribution in [0.3, 0.4) is 0 Å². The first-order valence-electron chi connectivity index (χ1n) is 7.94. The molecule has 25 heavy (non-hydrogen) atoms. The van der Waals surface area contributed by atoms with Gasteiger partial charge in [0, 0.05) is 18.7 Å². The number of hydrogen-bond donors (Lipinski definition) is 2. The van der Waals surface area contributed by atoms with Crippen molar-refractivity contribution in [1.82, 2.24) is 20.3 Å². The summed E-state index contributed by atoms with van der Waals surface area (Å²) in [7, 11) is 0. The van der Waals surface area contributed by atoms with E-state index in [9.17, 15) is 18.4 Å². The van der Waals surface area contributed by atoms with Gasteiger partial charge in [-0.15, -0.1) is 10.2 Å². The zero-order valence-corrected chi connectivity index (χ0v) is 13.6. The predicted octanol–water partition coefficient (Wildman–Crippen LogP) is 2.06. The molecule has 2 amide bonds. The number of H-pyrrole nitrogens is 1. The van der Waals surface area contributed by atoms with Crippen molar-refractivity contribution in [3.05, 3.63) is 41.1 Å². The van der Waals surface area contributed by atoms with Gasteiger partial charge in [-0.25, -0.2) is 8.78 Å². The molecule has 1 saturated heterocycles. The second-order valence-electron chi connectivity index (χ2n) is 5.87. The van der Waals surface area contributed by atoms with E-state index in [1.54, 1.807) is 4.90 Å². The molecular formula is C16H17F2N5O2. The number of carbonyl (C=O) groups is 2. The first-order valence-corrected chi connectivity index (χ1v) is 7.94. The first-order chi connectivity index (χ1) is 12.0. The molecule has 132 valence electrons. The van der Waals surface area contributed by atoms with Crippen LogP contribution < -0.4 is 5.32 Å². The Morgan fingerprint density at radius 1 is 1.20 bits per heavy atom. The molecule has 1 aliphatic rings. The summed E-state index contributed by atoms with van der Waals surface area (Å²) in [6.45, 7) is 2.62. The number of amides is 2. The summed E-state index contributed by atoms with van der Waals surface area (Å²) in [6.07, 6.45) is 1.82. The Morgan fingerprint density at radius 3 is 2.48 bits per heavy atom. The van der Waals surface area contributed by atoms with Crippen LogP contribution in [-0.2, 0) is 4.79 Å². The number of nitrogens with one attached hydrogen (secondary N) is 2. The van der Waals surface area contributed by atoms with Crippen LogP contribution in [0.5, 0.6) is 0 Å². The smallest absolute Gasteiger partial charge is 0.278 e. The van der Waals surface area contributed by atoms with Crippen LogP contribution in [0.1, 0.15) is 41.7 Å². The van der Waals surface area contributed by atoms with Gasteiger partial charge in [0.05, 0.1) is 5.92 Å². The summed E-state index contributed by atoms with van der Waals surface area (Å²) < 4.78 is 27.7. The summed E-state index contributed by atoms with van der Waals surface area (Å²) in [5, 5.41) is 12.3. The summed E-state index contributed by atoms with van der Waals surface area (Å²) in [5.41, 5.74) is -0.354. The van der Waals surface area contributed by atoms with Crippen molar-refractivity contribution in [2.24, 2.45) is 0 Å². The van der Waals surface area contributed by atoms with E-state index in [1.807, 2.05) is 0 Å².